The lowest BCUT2D eigenvalue weighted by Crippen LogP contribution is -2.40. The van der Waals surface area contributed by atoms with Gasteiger partial charge in [-0.2, -0.15) is 10.2 Å². The fourth-order valence-corrected chi connectivity index (χ4v) is 3.92. The fraction of sp³-hybridized carbons (Fsp3) is 0.261. The summed E-state index contributed by atoms with van der Waals surface area (Å²) < 4.78 is 31.3. The van der Waals surface area contributed by atoms with Gasteiger partial charge >= 0.3 is 0 Å². The van der Waals surface area contributed by atoms with Gasteiger partial charge in [-0.25, -0.2) is 18.4 Å². The monoisotopic (exact) mass is 472 g/mol. The molecule has 0 aliphatic rings. The third kappa shape index (κ3) is 4.89. The molecule has 0 aliphatic heterocycles. The van der Waals surface area contributed by atoms with Gasteiger partial charge in [0.2, 0.25) is 0 Å². The van der Waals surface area contributed by atoms with Gasteiger partial charge in [0.05, 0.1) is 18.8 Å². The van der Waals surface area contributed by atoms with Crippen LogP contribution in [0.4, 0.5) is 14.5 Å². The molecule has 10 heteroatoms. The SMILES string of the molecule is C[C@@H](n1cc(CN(C)c2ccc(Cl)cc2)cn1)[C@](O)(Cn1cncn1)c1ccc(F)cc1F. The van der Waals surface area contributed by atoms with Gasteiger partial charge in [0.25, 0.3) is 0 Å². The third-order valence-corrected chi connectivity index (χ3v) is 5.95. The van der Waals surface area contributed by atoms with Crippen molar-refractivity contribution in [3.05, 3.63) is 95.3 Å². The molecule has 1 N–H and O–H groups in total. The van der Waals surface area contributed by atoms with E-state index in [9.17, 15) is 13.9 Å². The van der Waals surface area contributed by atoms with Crippen molar-refractivity contribution < 1.29 is 13.9 Å². The Morgan fingerprint density at radius 1 is 1.15 bits per heavy atom. The molecule has 33 heavy (non-hydrogen) atoms. The van der Waals surface area contributed by atoms with Crippen LogP contribution in [0.15, 0.2) is 67.5 Å². The van der Waals surface area contributed by atoms with Gasteiger partial charge in [0.1, 0.15) is 29.9 Å². The molecule has 2 aromatic heterocycles. The Morgan fingerprint density at radius 3 is 2.58 bits per heavy atom. The Hall–Kier alpha value is -3.30. The van der Waals surface area contributed by atoms with Crippen molar-refractivity contribution in [3.63, 3.8) is 0 Å². The summed E-state index contributed by atoms with van der Waals surface area (Å²) in [5, 5.41) is 20.8. The van der Waals surface area contributed by atoms with Crippen LogP contribution < -0.4 is 4.90 Å². The van der Waals surface area contributed by atoms with Gasteiger partial charge in [-0.3, -0.25) is 4.68 Å². The van der Waals surface area contributed by atoms with Crippen LogP contribution in [-0.2, 0) is 18.7 Å². The summed E-state index contributed by atoms with van der Waals surface area (Å²) in [7, 11) is 1.94. The van der Waals surface area contributed by atoms with Gasteiger partial charge in [-0.15, -0.1) is 0 Å². The van der Waals surface area contributed by atoms with Crippen LogP contribution in [0.3, 0.4) is 0 Å². The highest BCUT2D eigenvalue weighted by molar-refractivity contribution is 6.30. The highest BCUT2D eigenvalue weighted by Gasteiger charge is 2.40. The lowest BCUT2D eigenvalue weighted by Gasteiger charge is -2.34. The van der Waals surface area contributed by atoms with Crippen LogP contribution in [0.5, 0.6) is 0 Å². The van der Waals surface area contributed by atoms with Crippen LogP contribution in [0.25, 0.3) is 0 Å². The fourth-order valence-electron chi connectivity index (χ4n) is 3.79. The number of aromatic nitrogens is 5. The van der Waals surface area contributed by atoms with Crippen molar-refractivity contribution in [1.82, 2.24) is 24.5 Å². The molecule has 4 rings (SSSR count). The molecule has 0 saturated heterocycles. The predicted molar refractivity (Wildman–Crippen MR) is 121 cm³/mol. The minimum Gasteiger partial charge on any atom is -0.381 e. The van der Waals surface area contributed by atoms with Crippen LogP contribution in [-0.4, -0.2) is 36.7 Å². The molecule has 0 unspecified atom stereocenters. The molecule has 0 fully saturated rings. The number of nitrogens with zero attached hydrogens (tertiary/aromatic N) is 6. The van der Waals surface area contributed by atoms with Crippen molar-refractivity contribution in [3.8, 4) is 0 Å². The summed E-state index contributed by atoms with van der Waals surface area (Å²) in [5.41, 5.74) is 0.0390. The summed E-state index contributed by atoms with van der Waals surface area (Å²) in [5.74, 6) is -1.57. The molecule has 2 atom stereocenters. The smallest absolute Gasteiger partial charge is 0.137 e. The number of halogens is 3. The van der Waals surface area contributed by atoms with Crippen molar-refractivity contribution >= 4 is 17.3 Å². The molecule has 4 aromatic rings. The molecule has 0 amide bonds. The van der Waals surface area contributed by atoms with E-state index in [-0.39, 0.29) is 12.1 Å². The minimum absolute atomic E-state index is 0.0535. The zero-order valence-electron chi connectivity index (χ0n) is 18.1. The van der Waals surface area contributed by atoms with Crippen molar-refractivity contribution in [2.45, 2.75) is 31.7 Å². The van der Waals surface area contributed by atoms with Crippen LogP contribution >= 0.6 is 11.6 Å². The zero-order chi connectivity index (χ0) is 23.6. The Balaban J connectivity index is 1.62. The molecule has 0 radical (unpaired) electrons. The molecule has 0 spiro atoms. The first-order valence-electron chi connectivity index (χ1n) is 10.3. The van der Waals surface area contributed by atoms with E-state index in [0.29, 0.717) is 11.6 Å². The van der Waals surface area contributed by atoms with E-state index in [2.05, 4.69) is 15.2 Å². The van der Waals surface area contributed by atoms with Gasteiger partial charge in [0.15, 0.2) is 0 Å². The summed E-state index contributed by atoms with van der Waals surface area (Å²) in [4.78, 5) is 5.92. The number of benzene rings is 2. The molecule has 2 aromatic carbocycles. The molecule has 0 aliphatic carbocycles. The molecular weight excluding hydrogens is 450 g/mol. The summed E-state index contributed by atoms with van der Waals surface area (Å²) in [6.45, 7) is 2.18. The first kappa shape index (κ1) is 22.9. The molecule has 0 bridgehead atoms. The number of hydrogen-bond acceptors (Lipinski definition) is 5. The number of hydrogen-bond donors (Lipinski definition) is 1. The summed E-state index contributed by atoms with van der Waals surface area (Å²) in [6.07, 6.45) is 6.24. The van der Waals surface area contributed by atoms with Gasteiger partial charge in [-0.1, -0.05) is 17.7 Å². The zero-order valence-corrected chi connectivity index (χ0v) is 18.9. The third-order valence-electron chi connectivity index (χ3n) is 5.70. The summed E-state index contributed by atoms with van der Waals surface area (Å²) >= 11 is 5.97. The maximum absolute atomic E-state index is 14.8. The maximum Gasteiger partial charge on any atom is 0.137 e. The number of anilines is 1. The standard InChI is InChI=1S/C23H23ClF2N6O/c1-16(32-12-17(10-28-32)11-30(2)20-6-3-18(24)4-7-20)23(33,13-31-15-27-14-29-31)21-8-5-19(25)9-22(21)26/h3-10,12,14-16,33H,11,13H2,1-2H3/t16-,23-/m1/s1. The van der Waals surface area contributed by atoms with Crippen molar-refractivity contribution in [1.29, 1.82) is 0 Å². The highest BCUT2D eigenvalue weighted by Crippen LogP contribution is 2.36. The largest absolute Gasteiger partial charge is 0.381 e. The topological polar surface area (TPSA) is 72.0 Å². The molecule has 7 nitrogen and oxygen atoms in total. The van der Waals surface area contributed by atoms with E-state index in [1.807, 2.05) is 36.2 Å². The minimum atomic E-state index is -1.78. The first-order valence-corrected chi connectivity index (χ1v) is 10.6. The predicted octanol–water partition coefficient (Wildman–Crippen LogP) is 4.19. The van der Waals surface area contributed by atoms with Crippen LogP contribution in [0.1, 0.15) is 24.1 Å². The van der Waals surface area contributed by atoms with Gasteiger partial charge in [-0.05, 0) is 37.3 Å². The normalized spacial score (nSPS) is 14.1. The van der Waals surface area contributed by atoms with Crippen LogP contribution in [0.2, 0.25) is 5.02 Å². The summed E-state index contributed by atoms with van der Waals surface area (Å²) in [6, 6.07) is 9.89. The van der Waals surface area contributed by atoms with E-state index in [0.717, 1.165) is 23.4 Å². The van der Waals surface area contributed by atoms with E-state index in [1.165, 1.54) is 23.4 Å². The average Bonchev–Trinajstić information content (AvgIpc) is 3.45. The lowest BCUT2D eigenvalue weighted by atomic mass is 9.86. The number of aliphatic hydroxyl groups is 1. The van der Waals surface area contributed by atoms with Crippen molar-refractivity contribution in [2.24, 2.45) is 0 Å². The lowest BCUT2D eigenvalue weighted by molar-refractivity contribution is -0.0369. The van der Waals surface area contributed by atoms with E-state index < -0.39 is 23.3 Å². The molecule has 172 valence electrons. The van der Waals surface area contributed by atoms with Gasteiger partial charge in [0, 0.05) is 47.7 Å². The quantitative estimate of drug-likeness (QED) is 0.416. The van der Waals surface area contributed by atoms with E-state index in [4.69, 9.17) is 11.6 Å². The maximum atomic E-state index is 14.8. The molecule has 0 saturated carbocycles. The second kappa shape index (κ2) is 9.29. The van der Waals surface area contributed by atoms with Crippen LogP contribution in [0, 0.1) is 11.6 Å². The van der Waals surface area contributed by atoms with Crippen molar-refractivity contribution in [2.75, 3.05) is 11.9 Å². The van der Waals surface area contributed by atoms with Gasteiger partial charge < -0.3 is 10.0 Å². The molecular formula is C23H23ClF2N6O. The van der Waals surface area contributed by atoms with E-state index >= 15 is 0 Å². The second-order valence-electron chi connectivity index (χ2n) is 7.98. The number of rotatable bonds is 8. The Labute approximate surface area is 194 Å². The average molecular weight is 473 g/mol. The molecule has 2 heterocycles. The second-order valence-corrected chi connectivity index (χ2v) is 8.41. The Kier molecular flexibility index (Phi) is 6.44. The first-order chi connectivity index (χ1) is 15.8. The van der Waals surface area contributed by atoms with E-state index in [1.54, 1.807) is 24.0 Å². The highest BCUT2D eigenvalue weighted by atomic mass is 35.5. The Morgan fingerprint density at radius 2 is 1.91 bits per heavy atom. The Bertz CT molecular complexity index is 1210.